The van der Waals surface area contributed by atoms with Gasteiger partial charge in [0.25, 0.3) is 0 Å². The minimum Gasteiger partial charge on any atom is -0.493 e. The Bertz CT molecular complexity index is 1280. The first kappa shape index (κ1) is 24.0. The molecule has 10 heteroatoms. The molecular formula is C24H25N5O5. The summed E-state index contributed by atoms with van der Waals surface area (Å²) < 4.78 is 22.0. The molecule has 176 valence electrons. The zero-order valence-corrected chi connectivity index (χ0v) is 19.2. The van der Waals surface area contributed by atoms with E-state index in [0.29, 0.717) is 57.5 Å². The summed E-state index contributed by atoms with van der Waals surface area (Å²) in [7, 11) is 6.12. The number of oxime groups is 1. The van der Waals surface area contributed by atoms with Crippen LogP contribution in [0.1, 0.15) is 27.8 Å². The number of methoxy groups -OCH3 is 4. The zero-order valence-electron chi connectivity index (χ0n) is 19.2. The number of nitrogens with zero attached hydrogens (tertiary/aromatic N) is 3. The predicted molar refractivity (Wildman–Crippen MR) is 128 cm³/mol. The topological polar surface area (TPSA) is 147 Å². The highest BCUT2D eigenvalue weighted by Crippen LogP contribution is 2.35. The fraction of sp³-hybridized carbons (Fsp3) is 0.208. The van der Waals surface area contributed by atoms with E-state index in [1.807, 2.05) is 12.1 Å². The van der Waals surface area contributed by atoms with Crippen molar-refractivity contribution in [1.29, 1.82) is 0 Å². The van der Waals surface area contributed by atoms with Crippen molar-refractivity contribution >= 4 is 18.0 Å². The monoisotopic (exact) mass is 463 g/mol. The number of benzene rings is 2. The second kappa shape index (κ2) is 10.8. The van der Waals surface area contributed by atoms with Crippen molar-refractivity contribution in [3.8, 4) is 34.8 Å². The third-order valence-corrected chi connectivity index (χ3v) is 4.89. The molecule has 1 aromatic heterocycles. The van der Waals surface area contributed by atoms with Crippen LogP contribution in [0.5, 0.6) is 23.0 Å². The summed E-state index contributed by atoms with van der Waals surface area (Å²) in [5.41, 5.74) is 14.9. The van der Waals surface area contributed by atoms with E-state index in [0.717, 1.165) is 5.56 Å². The lowest BCUT2D eigenvalue weighted by atomic mass is 10.0. The maximum atomic E-state index is 8.93. The first-order valence-corrected chi connectivity index (χ1v) is 10.0. The van der Waals surface area contributed by atoms with Gasteiger partial charge in [-0.1, -0.05) is 17.0 Å². The van der Waals surface area contributed by atoms with Gasteiger partial charge in [0.15, 0.2) is 23.0 Å². The number of nitrogen functional groups attached to an aromatic ring is 2. The third-order valence-electron chi connectivity index (χ3n) is 4.89. The fourth-order valence-electron chi connectivity index (χ4n) is 3.36. The van der Waals surface area contributed by atoms with E-state index in [4.69, 9.17) is 35.6 Å². The van der Waals surface area contributed by atoms with Gasteiger partial charge in [-0.05, 0) is 29.8 Å². The van der Waals surface area contributed by atoms with Crippen molar-refractivity contribution < 1.29 is 24.2 Å². The molecular weight excluding hydrogens is 438 g/mol. The molecule has 0 fully saturated rings. The Balaban J connectivity index is 2.12. The number of rotatable bonds is 7. The summed E-state index contributed by atoms with van der Waals surface area (Å²) in [5, 5.41) is 12.0. The molecule has 3 rings (SSSR count). The van der Waals surface area contributed by atoms with E-state index in [-0.39, 0.29) is 5.95 Å². The Morgan fingerprint density at radius 1 is 0.912 bits per heavy atom. The number of aromatic nitrogens is 2. The van der Waals surface area contributed by atoms with E-state index in [2.05, 4.69) is 27.0 Å². The fourth-order valence-corrected chi connectivity index (χ4v) is 3.36. The molecule has 0 amide bonds. The largest absolute Gasteiger partial charge is 0.493 e. The third kappa shape index (κ3) is 5.21. The molecule has 0 aliphatic rings. The molecule has 0 radical (unpaired) electrons. The molecule has 1 heterocycles. The highest BCUT2D eigenvalue weighted by molar-refractivity contribution is 5.82. The van der Waals surface area contributed by atoms with Crippen LogP contribution in [-0.2, 0) is 6.42 Å². The average Bonchev–Trinajstić information content (AvgIpc) is 2.83. The van der Waals surface area contributed by atoms with Crippen LogP contribution in [0.15, 0.2) is 35.6 Å². The molecule has 0 aliphatic heterocycles. The lowest BCUT2D eigenvalue weighted by Gasteiger charge is -2.13. The number of nitrogens with two attached hydrogens (primary N) is 2. The van der Waals surface area contributed by atoms with Crippen LogP contribution in [0.2, 0.25) is 0 Å². The molecule has 0 unspecified atom stereocenters. The van der Waals surface area contributed by atoms with Crippen molar-refractivity contribution in [2.24, 2.45) is 5.16 Å². The molecule has 0 aliphatic carbocycles. The van der Waals surface area contributed by atoms with Crippen molar-refractivity contribution in [3.05, 3.63) is 58.3 Å². The molecule has 2 aromatic carbocycles. The van der Waals surface area contributed by atoms with Gasteiger partial charge in [-0.15, -0.1) is 0 Å². The number of hydrogen-bond acceptors (Lipinski definition) is 10. The summed E-state index contributed by atoms with van der Waals surface area (Å²) in [4.78, 5) is 8.03. The van der Waals surface area contributed by atoms with E-state index in [1.165, 1.54) is 27.5 Å². The summed E-state index contributed by atoms with van der Waals surface area (Å²) in [6, 6.07) is 7.09. The van der Waals surface area contributed by atoms with Crippen LogP contribution >= 0.6 is 0 Å². The normalized spacial score (nSPS) is 10.5. The van der Waals surface area contributed by atoms with Gasteiger partial charge in [0.1, 0.15) is 5.82 Å². The van der Waals surface area contributed by atoms with Gasteiger partial charge < -0.3 is 35.6 Å². The summed E-state index contributed by atoms with van der Waals surface area (Å²) in [6.07, 6.45) is 3.29. The first-order chi connectivity index (χ1) is 16.4. The highest BCUT2D eigenvalue weighted by atomic mass is 16.5. The van der Waals surface area contributed by atoms with Gasteiger partial charge in [-0.2, -0.15) is 4.98 Å². The van der Waals surface area contributed by atoms with E-state index < -0.39 is 0 Å². The Labute approximate surface area is 197 Å². The van der Waals surface area contributed by atoms with E-state index >= 15 is 0 Å². The Hall–Kier alpha value is -4.65. The standard InChI is InChI=1S/C24H25N5O5/c1-31-19-10-14(8-18-13-27-24(26)29-23(18)25)7-16(21(19)33-3)5-6-17-9-15(12-28-30)11-20(32-2)22(17)34-4/h7,9-13,30H,8H2,1-4H3,(H4,25,26,27,29). The van der Waals surface area contributed by atoms with Crippen LogP contribution < -0.4 is 30.4 Å². The molecule has 5 N–H and O–H groups in total. The molecule has 0 saturated carbocycles. The summed E-state index contributed by atoms with van der Waals surface area (Å²) in [5.74, 6) is 8.49. The smallest absolute Gasteiger partial charge is 0.221 e. The van der Waals surface area contributed by atoms with Gasteiger partial charge >= 0.3 is 0 Å². The quantitative estimate of drug-likeness (QED) is 0.208. The second-order valence-corrected chi connectivity index (χ2v) is 6.99. The van der Waals surface area contributed by atoms with Gasteiger partial charge in [0, 0.05) is 23.7 Å². The Morgan fingerprint density at radius 3 is 2.09 bits per heavy atom. The van der Waals surface area contributed by atoms with Crippen LogP contribution in [0, 0.1) is 11.8 Å². The van der Waals surface area contributed by atoms with Gasteiger partial charge in [-0.3, -0.25) is 0 Å². The van der Waals surface area contributed by atoms with Crippen molar-refractivity contribution in [2.45, 2.75) is 6.42 Å². The van der Waals surface area contributed by atoms with Crippen LogP contribution in [0.3, 0.4) is 0 Å². The van der Waals surface area contributed by atoms with Gasteiger partial charge in [0.05, 0.1) is 45.8 Å². The first-order valence-electron chi connectivity index (χ1n) is 10.0. The zero-order chi connectivity index (χ0) is 24.7. The minimum absolute atomic E-state index is 0.109. The maximum absolute atomic E-state index is 8.93. The lowest BCUT2D eigenvalue weighted by Crippen LogP contribution is -2.04. The Morgan fingerprint density at radius 2 is 1.53 bits per heavy atom. The number of hydrogen-bond donors (Lipinski definition) is 3. The van der Waals surface area contributed by atoms with Crippen molar-refractivity contribution in [1.82, 2.24) is 9.97 Å². The van der Waals surface area contributed by atoms with Crippen molar-refractivity contribution in [3.63, 3.8) is 0 Å². The molecule has 34 heavy (non-hydrogen) atoms. The predicted octanol–water partition coefficient (Wildman–Crippen LogP) is 2.47. The van der Waals surface area contributed by atoms with E-state index in [9.17, 15) is 0 Å². The Kier molecular flexibility index (Phi) is 7.61. The summed E-state index contributed by atoms with van der Waals surface area (Å²) >= 11 is 0. The van der Waals surface area contributed by atoms with Crippen LogP contribution in [0.4, 0.5) is 11.8 Å². The van der Waals surface area contributed by atoms with Crippen LogP contribution in [-0.4, -0.2) is 49.8 Å². The van der Waals surface area contributed by atoms with Gasteiger partial charge in [0.2, 0.25) is 5.95 Å². The van der Waals surface area contributed by atoms with Crippen LogP contribution in [0.25, 0.3) is 0 Å². The molecule has 0 atom stereocenters. The van der Waals surface area contributed by atoms with Crippen molar-refractivity contribution in [2.75, 3.05) is 39.9 Å². The highest BCUT2D eigenvalue weighted by Gasteiger charge is 2.14. The SMILES string of the molecule is COc1cc(C=NO)cc(C#Cc2cc(Cc3cnc(N)nc3N)cc(OC)c2OC)c1OC. The van der Waals surface area contributed by atoms with Gasteiger partial charge in [-0.25, -0.2) is 4.98 Å². The number of anilines is 2. The molecule has 0 bridgehead atoms. The molecule has 0 saturated heterocycles. The van der Waals surface area contributed by atoms with E-state index in [1.54, 1.807) is 25.4 Å². The number of ether oxygens (including phenoxy) is 4. The lowest BCUT2D eigenvalue weighted by molar-refractivity contribution is 0.321. The molecule has 3 aromatic rings. The minimum atomic E-state index is 0.109. The maximum Gasteiger partial charge on any atom is 0.221 e. The summed E-state index contributed by atoms with van der Waals surface area (Å²) in [6.45, 7) is 0. The molecule has 10 nitrogen and oxygen atoms in total. The second-order valence-electron chi connectivity index (χ2n) is 6.99. The average molecular weight is 463 g/mol. The molecule has 0 spiro atoms.